The predicted octanol–water partition coefficient (Wildman–Crippen LogP) is 1.74. The van der Waals surface area contributed by atoms with Gasteiger partial charge in [0, 0.05) is 5.56 Å². The molecule has 1 aliphatic rings. The summed E-state index contributed by atoms with van der Waals surface area (Å²) in [6.07, 6.45) is -0.464. The van der Waals surface area contributed by atoms with Crippen LogP contribution in [0, 0.1) is 5.82 Å². The minimum absolute atomic E-state index is 0.283. The van der Waals surface area contributed by atoms with Crippen LogP contribution < -0.4 is 0 Å². The highest BCUT2D eigenvalue weighted by Crippen LogP contribution is 2.19. The lowest BCUT2D eigenvalue weighted by Crippen LogP contribution is -2.28. The minimum atomic E-state index is -0.912. The highest BCUT2D eigenvalue weighted by atomic mass is 79.9. The molecular formula is C11H8BrFO3. The number of halogens is 2. The molecular weight excluding hydrogens is 279 g/mol. The van der Waals surface area contributed by atoms with Gasteiger partial charge in [-0.1, -0.05) is 15.9 Å². The third-order valence-corrected chi connectivity index (χ3v) is 3.13. The summed E-state index contributed by atoms with van der Waals surface area (Å²) in [5.41, 5.74) is 0.303. The number of benzene rings is 1. The van der Waals surface area contributed by atoms with Gasteiger partial charge in [0.15, 0.2) is 11.6 Å². The number of Topliss-reactive ketones (excluding diaryl/α,β-unsaturated/α-hetero) is 2. The number of hydrogen-bond acceptors (Lipinski definition) is 3. The van der Waals surface area contributed by atoms with Crippen molar-refractivity contribution in [2.45, 2.75) is 10.9 Å². The van der Waals surface area contributed by atoms with Crippen molar-refractivity contribution in [1.82, 2.24) is 0 Å². The van der Waals surface area contributed by atoms with E-state index in [0.717, 1.165) is 0 Å². The van der Waals surface area contributed by atoms with Crippen molar-refractivity contribution in [3.8, 4) is 0 Å². The van der Waals surface area contributed by atoms with Crippen LogP contribution in [0.3, 0.4) is 0 Å². The lowest BCUT2D eigenvalue weighted by Gasteiger charge is -2.05. The summed E-state index contributed by atoms with van der Waals surface area (Å²) in [5, 5.41) is 0. The summed E-state index contributed by atoms with van der Waals surface area (Å²) in [6, 6.07) is 5.08. The largest absolute Gasteiger partial charge is 0.365 e. The topological polar surface area (TPSA) is 46.7 Å². The Morgan fingerprint density at radius 2 is 1.94 bits per heavy atom. The van der Waals surface area contributed by atoms with E-state index < -0.39 is 16.7 Å². The number of ether oxygens (including phenoxy) is 1. The smallest absolute Gasteiger partial charge is 0.185 e. The SMILES string of the molecule is O=C(c1ccc(F)cc1)C(Br)C(=O)C1CO1. The average molecular weight is 287 g/mol. The number of rotatable bonds is 4. The summed E-state index contributed by atoms with van der Waals surface area (Å²) in [5.74, 6) is -1.07. The molecule has 5 heteroatoms. The maximum Gasteiger partial charge on any atom is 0.185 e. The predicted molar refractivity (Wildman–Crippen MR) is 58.2 cm³/mol. The van der Waals surface area contributed by atoms with Gasteiger partial charge in [0.2, 0.25) is 0 Å². The van der Waals surface area contributed by atoms with Crippen LogP contribution in [0.4, 0.5) is 4.39 Å². The van der Waals surface area contributed by atoms with Gasteiger partial charge in [-0.05, 0) is 24.3 Å². The molecule has 0 bridgehead atoms. The summed E-state index contributed by atoms with van der Waals surface area (Å²) in [7, 11) is 0. The summed E-state index contributed by atoms with van der Waals surface area (Å²) >= 11 is 3.03. The van der Waals surface area contributed by atoms with E-state index in [4.69, 9.17) is 4.74 Å². The standard InChI is InChI=1S/C11H8BrFO3/c12-9(11(15)8-5-16-8)10(14)6-1-3-7(13)4-2-6/h1-4,8-9H,5H2. The van der Waals surface area contributed by atoms with Gasteiger partial charge in [0.1, 0.15) is 16.7 Å². The average Bonchev–Trinajstić information content (AvgIpc) is 3.11. The molecule has 0 aromatic heterocycles. The monoisotopic (exact) mass is 286 g/mol. The van der Waals surface area contributed by atoms with Crippen LogP contribution in [0.2, 0.25) is 0 Å². The Morgan fingerprint density at radius 1 is 1.38 bits per heavy atom. The van der Waals surface area contributed by atoms with Gasteiger partial charge >= 0.3 is 0 Å². The first kappa shape index (κ1) is 11.4. The zero-order chi connectivity index (χ0) is 11.7. The molecule has 1 heterocycles. The minimum Gasteiger partial charge on any atom is -0.365 e. The number of carbonyl (C=O) groups is 2. The van der Waals surface area contributed by atoms with Gasteiger partial charge in [-0.15, -0.1) is 0 Å². The molecule has 0 saturated carbocycles. The van der Waals surface area contributed by atoms with Crippen molar-refractivity contribution in [2.24, 2.45) is 0 Å². The molecule has 1 fully saturated rings. The fourth-order valence-electron chi connectivity index (χ4n) is 1.27. The van der Waals surface area contributed by atoms with Crippen LogP contribution in [-0.2, 0) is 9.53 Å². The van der Waals surface area contributed by atoms with E-state index in [0.29, 0.717) is 12.2 Å². The van der Waals surface area contributed by atoms with Crippen molar-refractivity contribution < 1.29 is 18.7 Å². The molecule has 3 nitrogen and oxygen atoms in total. The Balaban J connectivity index is 2.11. The lowest BCUT2D eigenvalue weighted by atomic mass is 10.0. The fourth-order valence-corrected chi connectivity index (χ4v) is 1.82. The first-order chi connectivity index (χ1) is 7.59. The first-order valence-electron chi connectivity index (χ1n) is 4.69. The van der Waals surface area contributed by atoms with E-state index in [9.17, 15) is 14.0 Å². The second-order valence-corrected chi connectivity index (χ2v) is 4.37. The van der Waals surface area contributed by atoms with Gasteiger partial charge < -0.3 is 4.74 Å². The van der Waals surface area contributed by atoms with E-state index in [-0.39, 0.29) is 11.6 Å². The quantitative estimate of drug-likeness (QED) is 0.367. The molecule has 1 aromatic rings. The number of hydrogen-bond donors (Lipinski definition) is 0. The number of alkyl halides is 1. The Bertz CT molecular complexity index is 425. The molecule has 1 aliphatic heterocycles. The van der Waals surface area contributed by atoms with Gasteiger partial charge in [-0.3, -0.25) is 9.59 Å². The maximum atomic E-state index is 12.6. The highest BCUT2D eigenvalue weighted by molar-refractivity contribution is 9.10. The molecule has 16 heavy (non-hydrogen) atoms. The van der Waals surface area contributed by atoms with E-state index in [1.54, 1.807) is 0 Å². The molecule has 0 radical (unpaired) electrons. The van der Waals surface area contributed by atoms with E-state index in [1.165, 1.54) is 24.3 Å². The van der Waals surface area contributed by atoms with Crippen molar-refractivity contribution in [3.05, 3.63) is 35.6 Å². The van der Waals surface area contributed by atoms with Crippen molar-refractivity contribution in [1.29, 1.82) is 0 Å². The third kappa shape index (κ3) is 2.36. The normalized spacial score (nSPS) is 20.2. The third-order valence-electron chi connectivity index (χ3n) is 2.26. The summed E-state index contributed by atoms with van der Waals surface area (Å²) in [4.78, 5) is 22.4. The molecule has 2 unspecified atom stereocenters. The zero-order valence-electron chi connectivity index (χ0n) is 8.15. The lowest BCUT2D eigenvalue weighted by molar-refractivity contribution is -0.118. The zero-order valence-corrected chi connectivity index (χ0v) is 9.74. The van der Waals surface area contributed by atoms with E-state index in [1.807, 2.05) is 0 Å². The highest BCUT2D eigenvalue weighted by Gasteiger charge is 2.38. The Hall–Kier alpha value is -1.07. The van der Waals surface area contributed by atoms with Gasteiger partial charge in [0.25, 0.3) is 0 Å². The number of ketones is 2. The molecule has 1 saturated heterocycles. The Kier molecular flexibility index (Phi) is 3.16. The molecule has 0 N–H and O–H groups in total. The summed E-state index contributed by atoms with van der Waals surface area (Å²) < 4.78 is 17.4. The Morgan fingerprint density at radius 3 is 2.44 bits per heavy atom. The number of epoxide rings is 1. The van der Waals surface area contributed by atoms with E-state index in [2.05, 4.69) is 15.9 Å². The van der Waals surface area contributed by atoms with Crippen molar-refractivity contribution in [2.75, 3.05) is 6.61 Å². The van der Waals surface area contributed by atoms with Gasteiger partial charge in [-0.25, -0.2) is 4.39 Å². The molecule has 0 aliphatic carbocycles. The molecule has 0 spiro atoms. The van der Waals surface area contributed by atoms with Crippen molar-refractivity contribution >= 4 is 27.5 Å². The van der Waals surface area contributed by atoms with Crippen LogP contribution in [0.25, 0.3) is 0 Å². The van der Waals surface area contributed by atoms with Crippen LogP contribution in [0.15, 0.2) is 24.3 Å². The first-order valence-corrected chi connectivity index (χ1v) is 5.60. The van der Waals surface area contributed by atoms with E-state index >= 15 is 0 Å². The van der Waals surface area contributed by atoms with Crippen LogP contribution in [0.5, 0.6) is 0 Å². The number of carbonyl (C=O) groups excluding carboxylic acids is 2. The maximum absolute atomic E-state index is 12.6. The van der Waals surface area contributed by atoms with Crippen molar-refractivity contribution in [3.63, 3.8) is 0 Å². The van der Waals surface area contributed by atoms with Crippen LogP contribution in [-0.4, -0.2) is 29.1 Å². The van der Waals surface area contributed by atoms with Gasteiger partial charge in [0.05, 0.1) is 6.61 Å². The fraction of sp³-hybridized carbons (Fsp3) is 0.273. The molecule has 0 amide bonds. The molecule has 2 atom stereocenters. The summed E-state index contributed by atoms with van der Waals surface area (Å²) in [6.45, 7) is 0.373. The molecule has 1 aromatic carbocycles. The van der Waals surface area contributed by atoms with Crippen LogP contribution in [0.1, 0.15) is 10.4 Å². The van der Waals surface area contributed by atoms with Crippen LogP contribution >= 0.6 is 15.9 Å². The second kappa shape index (κ2) is 4.43. The van der Waals surface area contributed by atoms with Gasteiger partial charge in [-0.2, -0.15) is 0 Å². The molecule has 2 rings (SSSR count). The second-order valence-electron chi connectivity index (χ2n) is 3.46. The Labute approximate surface area is 99.7 Å². The molecule has 84 valence electrons.